The van der Waals surface area contributed by atoms with Crippen LogP contribution in [0.2, 0.25) is 0 Å². The summed E-state index contributed by atoms with van der Waals surface area (Å²) < 4.78 is 5.62. The zero-order chi connectivity index (χ0) is 15.1. The van der Waals surface area contributed by atoms with E-state index >= 15 is 0 Å². The smallest absolute Gasteiger partial charge is 0.165 e. The van der Waals surface area contributed by atoms with Crippen LogP contribution in [0.15, 0.2) is 60.7 Å². The predicted molar refractivity (Wildman–Crippen MR) is 82.1 cm³/mol. The van der Waals surface area contributed by atoms with E-state index in [1.165, 1.54) is 0 Å². The second-order valence-corrected chi connectivity index (χ2v) is 5.06. The van der Waals surface area contributed by atoms with Crippen molar-refractivity contribution in [2.45, 2.75) is 32.2 Å². The first kappa shape index (κ1) is 15.4. The summed E-state index contributed by atoms with van der Waals surface area (Å²) >= 11 is 0. The third-order valence-corrected chi connectivity index (χ3v) is 3.39. The Morgan fingerprint density at radius 3 is 2.24 bits per heavy atom. The molecule has 0 aliphatic rings. The van der Waals surface area contributed by atoms with Crippen LogP contribution in [-0.4, -0.2) is 23.1 Å². The summed E-state index contributed by atoms with van der Waals surface area (Å²) in [5.74, 6) is -0.0711. The molecule has 3 nitrogen and oxygen atoms in total. The molecule has 0 aliphatic carbocycles. The Labute approximate surface area is 125 Å². The lowest BCUT2D eigenvalue weighted by Gasteiger charge is -2.19. The molecule has 21 heavy (non-hydrogen) atoms. The summed E-state index contributed by atoms with van der Waals surface area (Å²) in [5, 5.41) is 10.1. The summed E-state index contributed by atoms with van der Waals surface area (Å²) in [5.41, 5.74) is 1.66. The molecule has 0 aliphatic heterocycles. The topological polar surface area (TPSA) is 46.5 Å². The van der Waals surface area contributed by atoms with Gasteiger partial charge in [-0.1, -0.05) is 60.7 Å². The normalized spacial score (nSPS) is 13.6. The molecule has 0 radical (unpaired) electrons. The Balaban J connectivity index is 1.82. The molecule has 0 saturated heterocycles. The van der Waals surface area contributed by atoms with Gasteiger partial charge in [-0.05, 0) is 12.5 Å². The largest absolute Gasteiger partial charge is 0.390 e. The zero-order valence-corrected chi connectivity index (χ0v) is 12.1. The molecule has 2 aromatic rings. The summed E-state index contributed by atoms with van der Waals surface area (Å²) in [6.45, 7) is 2.21. The fraction of sp³-hybridized carbons (Fsp3) is 0.278. The van der Waals surface area contributed by atoms with E-state index < -0.39 is 12.2 Å². The number of carbonyl (C=O) groups excluding carboxylic acids is 1. The minimum Gasteiger partial charge on any atom is -0.390 e. The van der Waals surface area contributed by atoms with Gasteiger partial charge in [0, 0.05) is 12.0 Å². The maximum Gasteiger partial charge on any atom is 0.165 e. The number of hydrogen-bond donors (Lipinski definition) is 1. The standard InChI is InChI=1S/C18H20O3/c1-14(21-13-15-8-4-2-5-9-15)17(19)12-18(20)16-10-6-3-7-11-16/h2-11,14,17,19H,12-13H2,1H3/t14-,17-/m0/s1. The molecule has 0 amide bonds. The van der Waals surface area contributed by atoms with Crippen LogP contribution in [0.3, 0.4) is 0 Å². The lowest BCUT2D eigenvalue weighted by Crippen LogP contribution is -2.28. The first-order chi connectivity index (χ1) is 10.2. The molecular formula is C18H20O3. The van der Waals surface area contributed by atoms with E-state index in [2.05, 4.69) is 0 Å². The molecule has 0 saturated carbocycles. The van der Waals surface area contributed by atoms with E-state index in [-0.39, 0.29) is 12.2 Å². The van der Waals surface area contributed by atoms with Gasteiger partial charge in [-0.3, -0.25) is 4.79 Å². The van der Waals surface area contributed by atoms with Crippen molar-refractivity contribution < 1.29 is 14.6 Å². The number of hydrogen-bond acceptors (Lipinski definition) is 3. The van der Waals surface area contributed by atoms with Crippen LogP contribution < -0.4 is 0 Å². The highest BCUT2D eigenvalue weighted by atomic mass is 16.5. The van der Waals surface area contributed by atoms with Crippen molar-refractivity contribution in [1.29, 1.82) is 0 Å². The molecule has 0 fully saturated rings. The molecular weight excluding hydrogens is 264 g/mol. The predicted octanol–water partition coefficient (Wildman–Crippen LogP) is 3.23. The van der Waals surface area contributed by atoms with Crippen LogP contribution in [0.5, 0.6) is 0 Å². The van der Waals surface area contributed by atoms with Gasteiger partial charge in [0.2, 0.25) is 0 Å². The first-order valence-corrected chi connectivity index (χ1v) is 7.08. The second kappa shape index (κ2) is 7.72. The average Bonchev–Trinajstić information content (AvgIpc) is 2.54. The highest BCUT2D eigenvalue weighted by Gasteiger charge is 2.19. The van der Waals surface area contributed by atoms with Crippen LogP contribution in [0, 0.1) is 0 Å². The van der Waals surface area contributed by atoms with E-state index in [0.717, 1.165) is 5.56 Å². The average molecular weight is 284 g/mol. The monoisotopic (exact) mass is 284 g/mol. The third kappa shape index (κ3) is 4.81. The number of Topliss-reactive ketones (excluding diaryl/α,β-unsaturated/α-hetero) is 1. The van der Waals surface area contributed by atoms with Crippen LogP contribution in [0.4, 0.5) is 0 Å². The molecule has 3 heteroatoms. The molecule has 110 valence electrons. The van der Waals surface area contributed by atoms with Gasteiger partial charge < -0.3 is 9.84 Å². The molecule has 2 aromatic carbocycles. The van der Waals surface area contributed by atoms with Gasteiger partial charge in [0.1, 0.15) is 0 Å². The summed E-state index contributed by atoms with van der Waals surface area (Å²) in [4.78, 5) is 12.0. The first-order valence-electron chi connectivity index (χ1n) is 7.08. The van der Waals surface area contributed by atoms with Crippen molar-refractivity contribution in [3.63, 3.8) is 0 Å². The molecule has 2 rings (SSSR count). The van der Waals surface area contributed by atoms with E-state index in [1.807, 2.05) is 48.5 Å². The van der Waals surface area contributed by atoms with Crippen LogP contribution in [0.25, 0.3) is 0 Å². The minimum atomic E-state index is -0.804. The third-order valence-electron chi connectivity index (χ3n) is 3.39. The Morgan fingerprint density at radius 1 is 1.05 bits per heavy atom. The van der Waals surface area contributed by atoms with Crippen LogP contribution in [-0.2, 0) is 11.3 Å². The quantitative estimate of drug-likeness (QED) is 0.794. The van der Waals surface area contributed by atoms with Crippen molar-refractivity contribution in [1.82, 2.24) is 0 Å². The van der Waals surface area contributed by atoms with Crippen molar-refractivity contribution >= 4 is 5.78 Å². The van der Waals surface area contributed by atoms with E-state index in [9.17, 15) is 9.90 Å². The number of rotatable bonds is 7. The second-order valence-electron chi connectivity index (χ2n) is 5.06. The fourth-order valence-corrected chi connectivity index (χ4v) is 2.01. The van der Waals surface area contributed by atoms with Crippen LogP contribution >= 0.6 is 0 Å². The number of carbonyl (C=O) groups is 1. The van der Waals surface area contributed by atoms with E-state index in [4.69, 9.17) is 4.74 Å². The SMILES string of the molecule is C[C@H](OCc1ccccc1)[C@@H](O)CC(=O)c1ccccc1. The minimum absolute atomic E-state index is 0.0694. The number of aliphatic hydroxyl groups is 1. The van der Waals surface area contributed by atoms with E-state index in [0.29, 0.717) is 12.2 Å². The van der Waals surface area contributed by atoms with Gasteiger partial charge in [-0.15, -0.1) is 0 Å². The van der Waals surface area contributed by atoms with Gasteiger partial charge >= 0.3 is 0 Å². The van der Waals surface area contributed by atoms with Gasteiger partial charge in [-0.25, -0.2) is 0 Å². The molecule has 2 atom stereocenters. The number of ether oxygens (including phenoxy) is 1. The van der Waals surface area contributed by atoms with Crippen molar-refractivity contribution in [3.05, 3.63) is 71.8 Å². The molecule has 1 N–H and O–H groups in total. The van der Waals surface area contributed by atoms with E-state index in [1.54, 1.807) is 19.1 Å². The van der Waals surface area contributed by atoms with Gasteiger partial charge in [0.05, 0.1) is 18.8 Å². The summed E-state index contributed by atoms with van der Waals surface area (Å²) in [7, 11) is 0. The number of benzene rings is 2. The Kier molecular flexibility index (Phi) is 5.67. The number of ketones is 1. The van der Waals surface area contributed by atoms with Gasteiger partial charge in [0.25, 0.3) is 0 Å². The summed E-state index contributed by atoms with van der Waals surface area (Å²) in [6, 6.07) is 18.8. The maximum atomic E-state index is 12.0. The van der Waals surface area contributed by atoms with Crippen LogP contribution in [0.1, 0.15) is 29.3 Å². The maximum absolute atomic E-state index is 12.0. The van der Waals surface area contributed by atoms with Crippen molar-refractivity contribution in [2.24, 2.45) is 0 Å². The highest BCUT2D eigenvalue weighted by molar-refractivity contribution is 5.96. The molecule has 0 bridgehead atoms. The van der Waals surface area contributed by atoms with Gasteiger partial charge in [-0.2, -0.15) is 0 Å². The lowest BCUT2D eigenvalue weighted by molar-refractivity contribution is -0.0350. The molecule has 0 aromatic heterocycles. The van der Waals surface area contributed by atoms with Crippen molar-refractivity contribution in [3.8, 4) is 0 Å². The Bertz CT molecular complexity index is 551. The molecule has 0 heterocycles. The lowest BCUT2D eigenvalue weighted by atomic mass is 10.0. The zero-order valence-electron chi connectivity index (χ0n) is 12.1. The summed E-state index contributed by atoms with van der Waals surface area (Å²) in [6.07, 6.45) is -1.13. The Morgan fingerprint density at radius 2 is 1.62 bits per heavy atom. The fourth-order valence-electron chi connectivity index (χ4n) is 2.01. The van der Waals surface area contributed by atoms with Gasteiger partial charge in [0.15, 0.2) is 5.78 Å². The molecule has 0 unspecified atom stereocenters. The Hall–Kier alpha value is -1.97. The van der Waals surface area contributed by atoms with Crippen molar-refractivity contribution in [2.75, 3.05) is 0 Å². The highest BCUT2D eigenvalue weighted by Crippen LogP contribution is 2.11. The number of aliphatic hydroxyl groups excluding tert-OH is 1. The molecule has 0 spiro atoms.